The second kappa shape index (κ2) is 3.93. The van der Waals surface area contributed by atoms with Crippen molar-refractivity contribution in [3.05, 3.63) is 11.6 Å². The van der Waals surface area contributed by atoms with Gasteiger partial charge in [-0.3, -0.25) is 4.90 Å². The van der Waals surface area contributed by atoms with Crippen LogP contribution in [-0.2, 0) is 0 Å². The summed E-state index contributed by atoms with van der Waals surface area (Å²) in [6.07, 6.45) is 0.525. The molecule has 0 bridgehead atoms. The maximum atomic E-state index is 13.2. The average Bonchev–Trinajstić information content (AvgIpc) is 1.95. The van der Waals surface area contributed by atoms with E-state index in [4.69, 9.17) is 11.6 Å². The van der Waals surface area contributed by atoms with Crippen LogP contribution in [-0.4, -0.2) is 30.5 Å². The molecule has 13 heavy (non-hydrogen) atoms. The fraction of sp³-hybridized carbons (Fsp3) is 0.778. The highest BCUT2D eigenvalue weighted by atomic mass is 35.5. The van der Waals surface area contributed by atoms with E-state index >= 15 is 0 Å². The fourth-order valence-electron chi connectivity index (χ4n) is 1.50. The standard InChI is InChI=1S/C9H14ClF2N/c1-7-3-4-13(5-8(2)10)6-9(7,11)12/h7H,2-6H2,1H3. The van der Waals surface area contributed by atoms with Crippen molar-refractivity contribution < 1.29 is 8.78 Å². The van der Waals surface area contributed by atoms with Gasteiger partial charge in [-0.15, -0.1) is 0 Å². The van der Waals surface area contributed by atoms with Crippen molar-refractivity contribution in [2.45, 2.75) is 19.3 Å². The van der Waals surface area contributed by atoms with E-state index in [-0.39, 0.29) is 6.54 Å². The molecule has 0 saturated carbocycles. The lowest BCUT2D eigenvalue weighted by Crippen LogP contribution is -2.47. The SMILES string of the molecule is C=C(Cl)CN1CCC(C)C(F)(F)C1. The third kappa shape index (κ3) is 2.92. The van der Waals surface area contributed by atoms with Crippen LogP contribution in [0.25, 0.3) is 0 Å². The summed E-state index contributed by atoms with van der Waals surface area (Å²) in [6.45, 7) is 5.94. The van der Waals surface area contributed by atoms with Crippen molar-refractivity contribution in [3.63, 3.8) is 0 Å². The van der Waals surface area contributed by atoms with Crippen molar-refractivity contribution in [1.82, 2.24) is 4.90 Å². The molecule has 0 amide bonds. The first-order valence-electron chi connectivity index (χ1n) is 4.35. The van der Waals surface area contributed by atoms with Crippen molar-refractivity contribution in [1.29, 1.82) is 0 Å². The summed E-state index contributed by atoms with van der Waals surface area (Å²) in [5.41, 5.74) is 0. The Balaban J connectivity index is 2.50. The molecule has 0 aliphatic carbocycles. The van der Waals surface area contributed by atoms with E-state index in [1.165, 1.54) is 0 Å². The Kier molecular flexibility index (Phi) is 3.30. The third-order valence-electron chi connectivity index (χ3n) is 2.43. The van der Waals surface area contributed by atoms with Gasteiger partial charge in [-0.2, -0.15) is 0 Å². The first kappa shape index (κ1) is 10.9. The summed E-state index contributed by atoms with van der Waals surface area (Å²) in [6, 6.07) is 0. The molecule has 1 saturated heterocycles. The van der Waals surface area contributed by atoms with Gasteiger partial charge in [-0.1, -0.05) is 25.1 Å². The molecule has 1 aliphatic heterocycles. The van der Waals surface area contributed by atoms with E-state index in [9.17, 15) is 8.78 Å². The number of halogens is 3. The Morgan fingerprint density at radius 1 is 1.69 bits per heavy atom. The van der Waals surface area contributed by atoms with Crippen LogP contribution in [0.3, 0.4) is 0 Å². The van der Waals surface area contributed by atoms with Crippen molar-refractivity contribution in [2.75, 3.05) is 19.6 Å². The van der Waals surface area contributed by atoms with Crippen LogP contribution < -0.4 is 0 Å². The molecule has 1 heterocycles. The second-order valence-corrected chi connectivity index (χ2v) is 4.21. The fourth-order valence-corrected chi connectivity index (χ4v) is 1.67. The molecule has 0 spiro atoms. The minimum Gasteiger partial charge on any atom is -0.292 e. The van der Waals surface area contributed by atoms with Gasteiger partial charge in [0.15, 0.2) is 0 Å². The van der Waals surface area contributed by atoms with Gasteiger partial charge in [-0.05, 0) is 13.0 Å². The maximum absolute atomic E-state index is 13.2. The van der Waals surface area contributed by atoms with Crippen LogP contribution in [0.1, 0.15) is 13.3 Å². The van der Waals surface area contributed by atoms with E-state index < -0.39 is 11.8 Å². The lowest BCUT2D eigenvalue weighted by atomic mass is 9.95. The van der Waals surface area contributed by atoms with Gasteiger partial charge in [0.25, 0.3) is 5.92 Å². The highest BCUT2D eigenvalue weighted by Gasteiger charge is 2.41. The van der Waals surface area contributed by atoms with Crippen LogP contribution in [0.2, 0.25) is 0 Å². The van der Waals surface area contributed by atoms with E-state index in [0.29, 0.717) is 24.5 Å². The monoisotopic (exact) mass is 209 g/mol. The van der Waals surface area contributed by atoms with Crippen LogP contribution >= 0.6 is 11.6 Å². The second-order valence-electron chi connectivity index (χ2n) is 3.68. The lowest BCUT2D eigenvalue weighted by Gasteiger charge is -2.36. The first-order chi connectivity index (χ1) is 5.92. The van der Waals surface area contributed by atoms with Crippen molar-refractivity contribution in [2.24, 2.45) is 5.92 Å². The average molecular weight is 210 g/mol. The molecule has 0 radical (unpaired) electrons. The van der Waals surface area contributed by atoms with E-state index in [2.05, 4.69) is 6.58 Å². The number of likely N-dealkylation sites (tertiary alicyclic amines) is 1. The summed E-state index contributed by atoms with van der Waals surface area (Å²) in [7, 11) is 0. The van der Waals surface area contributed by atoms with E-state index in [0.717, 1.165) is 0 Å². The highest BCUT2D eigenvalue weighted by Crippen LogP contribution is 2.32. The number of hydrogen-bond donors (Lipinski definition) is 0. The smallest absolute Gasteiger partial charge is 0.263 e. The summed E-state index contributed by atoms with van der Waals surface area (Å²) in [5.74, 6) is -3.10. The molecule has 1 atom stereocenters. The van der Waals surface area contributed by atoms with Crippen molar-refractivity contribution in [3.8, 4) is 0 Å². The number of nitrogens with zero attached hydrogens (tertiary/aromatic N) is 1. The molecule has 4 heteroatoms. The van der Waals surface area contributed by atoms with Gasteiger partial charge in [0.2, 0.25) is 0 Å². The quantitative estimate of drug-likeness (QED) is 0.676. The molecule has 1 unspecified atom stereocenters. The van der Waals surface area contributed by atoms with Crippen LogP contribution in [0.4, 0.5) is 8.78 Å². The minimum atomic E-state index is -2.58. The Labute approximate surface area is 82.4 Å². The molecule has 76 valence electrons. The summed E-state index contributed by atoms with van der Waals surface area (Å²) in [5, 5.41) is 0.422. The molecule has 0 N–H and O–H groups in total. The van der Waals surface area contributed by atoms with E-state index in [1.807, 2.05) is 0 Å². The zero-order chi connectivity index (χ0) is 10.1. The zero-order valence-electron chi connectivity index (χ0n) is 7.69. The Bertz CT molecular complexity index is 206. The topological polar surface area (TPSA) is 3.24 Å². The van der Waals surface area contributed by atoms with Crippen LogP contribution in [0.15, 0.2) is 11.6 Å². The molecule has 0 aromatic heterocycles. The predicted molar refractivity (Wildman–Crippen MR) is 50.2 cm³/mol. The van der Waals surface area contributed by atoms with Gasteiger partial charge in [0.1, 0.15) is 0 Å². The summed E-state index contributed by atoms with van der Waals surface area (Å²) in [4.78, 5) is 1.65. The number of piperidine rings is 1. The summed E-state index contributed by atoms with van der Waals surface area (Å²) < 4.78 is 26.4. The normalized spacial score (nSPS) is 28.8. The van der Waals surface area contributed by atoms with Gasteiger partial charge in [0, 0.05) is 17.5 Å². The molecular formula is C9H14ClF2N. The lowest BCUT2D eigenvalue weighted by molar-refractivity contribution is -0.102. The third-order valence-corrected chi connectivity index (χ3v) is 2.55. The van der Waals surface area contributed by atoms with E-state index in [1.54, 1.807) is 11.8 Å². The molecule has 1 rings (SSSR count). The molecule has 0 aromatic carbocycles. The maximum Gasteiger partial charge on any atom is 0.263 e. The number of alkyl halides is 2. The van der Waals surface area contributed by atoms with Crippen LogP contribution in [0, 0.1) is 5.92 Å². The minimum absolute atomic E-state index is 0.195. The van der Waals surface area contributed by atoms with Gasteiger partial charge < -0.3 is 0 Å². The Hall–Kier alpha value is -0.150. The molecule has 1 nitrogen and oxygen atoms in total. The Morgan fingerprint density at radius 2 is 2.31 bits per heavy atom. The van der Waals surface area contributed by atoms with Gasteiger partial charge in [0.05, 0.1) is 6.54 Å². The first-order valence-corrected chi connectivity index (χ1v) is 4.73. The molecule has 1 fully saturated rings. The largest absolute Gasteiger partial charge is 0.292 e. The molecule has 1 aliphatic rings. The van der Waals surface area contributed by atoms with Crippen molar-refractivity contribution >= 4 is 11.6 Å². The van der Waals surface area contributed by atoms with Crippen LogP contribution in [0.5, 0.6) is 0 Å². The molecular weight excluding hydrogens is 196 g/mol. The number of hydrogen-bond acceptors (Lipinski definition) is 1. The van der Waals surface area contributed by atoms with Gasteiger partial charge >= 0.3 is 0 Å². The predicted octanol–water partition coefficient (Wildman–Crippen LogP) is 2.72. The number of rotatable bonds is 2. The summed E-state index contributed by atoms with van der Waals surface area (Å²) >= 11 is 5.56. The Morgan fingerprint density at radius 3 is 2.77 bits per heavy atom. The highest BCUT2D eigenvalue weighted by molar-refractivity contribution is 6.29. The zero-order valence-corrected chi connectivity index (χ0v) is 8.45. The van der Waals surface area contributed by atoms with Gasteiger partial charge in [-0.25, -0.2) is 8.78 Å². The molecule has 0 aromatic rings.